The van der Waals surface area contributed by atoms with E-state index in [2.05, 4.69) is 15.4 Å². The number of halogens is 1. The maximum absolute atomic E-state index is 12.5. The first-order valence-electron chi connectivity index (χ1n) is 3.12. The van der Waals surface area contributed by atoms with E-state index in [9.17, 15) is 4.39 Å². The summed E-state index contributed by atoms with van der Waals surface area (Å²) in [4.78, 5) is 0. The Morgan fingerprint density at radius 1 is 1.40 bits per heavy atom. The normalized spacial score (nSPS) is 16.3. The van der Waals surface area contributed by atoms with Crippen molar-refractivity contribution in [3.05, 3.63) is 17.2 Å². The van der Waals surface area contributed by atoms with Gasteiger partial charge in [0.1, 0.15) is 11.5 Å². The van der Waals surface area contributed by atoms with E-state index >= 15 is 0 Å². The van der Waals surface area contributed by atoms with Crippen molar-refractivity contribution in [2.45, 2.75) is 12.8 Å². The molecule has 2 rings (SSSR count). The number of aryl methyl sites for hydroxylation is 1. The summed E-state index contributed by atoms with van der Waals surface area (Å²) in [6.07, 6.45) is 2.54. The standard InChI is InChI=1S/C6H6FN3/c7-4-1-2-5-6(3-4)9-10-8-5/h3H,1-2H2,(H,8,9,10). The molecule has 10 heavy (non-hydrogen) atoms. The highest BCUT2D eigenvalue weighted by Gasteiger charge is 2.12. The molecule has 4 heteroatoms. The smallest absolute Gasteiger partial charge is 0.111 e. The van der Waals surface area contributed by atoms with Gasteiger partial charge in [-0.1, -0.05) is 0 Å². The van der Waals surface area contributed by atoms with Gasteiger partial charge in [0, 0.05) is 12.8 Å². The lowest BCUT2D eigenvalue weighted by Crippen LogP contribution is -1.95. The van der Waals surface area contributed by atoms with Crippen molar-refractivity contribution in [3.8, 4) is 0 Å². The first kappa shape index (κ1) is 5.58. The minimum Gasteiger partial charge on any atom is -0.212 e. The molecule has 0 spiro atoms. The molecule has 0 fully saturated rings. The van der Waals surface area contributed by atoms with E-state index in [0.717, 1.165) is 5.69 Å². The van der Waals surface area contributed by atoms with Crippen LogP contribution in [0, 0.1) is 0 Å². The first-order valence-corrected chi connectivity index (χ1v) is 3.12. The second-order valence-corrected chi connectivity index (χ2v) is 2.25. The fraction of sp³-hybridized carbons (Fsp3) is 0.333. The number of aromatic nitrogens is 3. The van der Waals surface area contributed by atoms with E-state index in [0.29, 0.717) is 18.5 Å². The van der Waals surface area contributed by atoms with E-state index in [1.807, 2.05) is 0 Å². The molecule has 0 amide bonds. The second-order valence-electron chi connectivity index (χ2n) is 2.25. The fourth-order valence-electron chi connectivity index (χ4n) is 1.02. The summed E-state index contributed by atoms with van der Waals surface area (Å²) in [6.45, 7) is 0. The Labute approximate surface area is 56.9 Å². The zero-order chi connectivity index (χ0) is 6.97. The van der Waals surface area contributed by atoms with Crippen molar-refractivity contribution in [1.29, 1.82) is 0 Å². The maximum atomic E-state index is 12.5. The summed E-state index contributed by atoms with van der Waals surface area (Å²) in [5.41, 5.74) is 1.50. The van der Waals surface area contributed by atoms with E-state index in [4.69, 9.17) is 0 Å². The minimum absolute atomic E-state index is 0.110. The monoisotopic (exact) mass is 139 g/mol. The van der Waals surface area contributed by atoms with Gasteiger partial charge >= 0.3 is 0 Å². The number of allylic oxidation sites excluding steroid dienone is 1. The number of H-pyrrole nitrogens is 1. The lowest BCUT2D eigenvalue weighted by atomic mass is 10.1. The summed E-state index contributed by atoms with van der Waals surface area (Å²) in [5.74, 6) is -0.110. The average Bonchev–Trinajstić information content (AvgIpc) is 2.33. The second kappa shape index (κ2) is 1.90. The van der Waals surface area contributed by atoms with Gasteiger partial charge in [-0.15, -0.1) is 0 Å². The predicted molar refractivity (Wildman–Crippen MR) is 33.8 cm³/mol. The third kappa shape index (κ3) is 0.725. The summed E-state index contributed by atoms with van der Waals surface area (Å²) in [5, 5.41) is 10.0. The molecule has 0 radical (unpaired) electrons. The molecule has 0 aliphatic heterocycles. The Bertz CT molecular complexity index is 276. The van der Waals surface area contributed by atoms with E-state index in [1.54, 1.807) is 0 Å². The first-order chi connectivity index (χ1) is 4.86. The Kier molecular flexibility index (Phi) is 1.06. The zero-order valence-electron chi connectivity index (χ0n) is 5.26. The van der Waals surface area contributed by atoms with Gasteiger partial charge in [-0.2, -0.15) is 15.4 Å². The molecule has 0 bridgehead atoms. The van der Waals surface area contributed by atoms with Gasteiger partial charge < -0.3 is 0 Å². The van der Waals surface area contributed by atoms with Crippen LogP contribution in [0.5, 0.6) is 0 Å². The van der Waals surface area contributed by atoms with Gasteiger partial charge in [0.05, 0.1) is 5.69 Å². The fourth-order valence-corrected chi connectivity index (χ4v) is 1.02. The molecule has 1 heterocycles. The lowest BCUT2D eigenvalue weighted by molar-refractivity contribution is 0.587. The van der Waals surface area contributed by atoms with Crippen LogP contribution in [0.2, 0.25) is 0 Å². The molecule has 1 N–H and O–H groups in total. The third-order valence-corrected chi connectivity index (χ3v) is 1.55. The number of aromatic amines is 1. The van der Waals surface area contributed by atoms with Crippen molar-refractivity contribution in [3.63, 3.8) is 0 Å². The van der Waals surface area contributed by atoms with Crippen LogP contribution in [-0.2, 0) is 6.42 Å². The minimum atomic E-state index is -0.110. The predicted octanol–water partition coefficient (Wildman–Crippen LogP) is 1.06. The average molecular weight is 139 g/mol. The molecule has 0 aromatic carbocycles. The van der Waals surface area contributed by atoms with Crippen LogP contribution in [0.25, 0.3) is 6.08 Å². The van der Waals surface area contributed by atoms with Gasteiger partial charge in [0.2, 0.25) is 0 Å². The quantitative estimate of drug-likeness (QED) is 0.584. The van der Waals surface area contributed by atoms with E-state index in [1.165, 1.54) is 6.08 Å². The number of nitrogens with one attached hydrogen (secondary N) is 1. The summed E-state index contributed by atoms with van der Waals surface area (Å²) < 4.78 is 12.5. The molecule has 1 aromatic rings. The molecule has 1 aromatic heterocycles. The van der Waals surface area contributed by atoms with Crippen molar-refractivity contribution in [2.24, 2.45) is 0 Å². The number of rotatable bonds is 0. The van der Waals surface area contributed by atoms with Gasteiger partial charge in [0.25, 0.3) is 0 Å². The summed E-state index contributed by atoms with van der Waals surface area (Å²) in [7, 11) is 0. The van der Waals surface area contributed by atoms with Gasteiger partial charge in [-0.25, -0.2) is 4.39 Å². The van der Waals surface area contributed by atoms with Crippen molar-refractivity contribution < 1.29 is 4.39 Å². The Morgan fingerprint density at radius 2 is 2.30 bits per heavy atom. The van der Waals surface area contributed by atoms with Crippen LogP contribution in [0.3, 0.4) is 0 Å². The molecular weight excluding hydrogens is 133 g/mol. The number of nitrogens with zero attached hydrogens (tertiary/aromatic N) is 2. The van der Waals surface area contributed by atoms with Crippen LogP contribution in [0.4, 0.5) is 4.39 Å². The van der Waals surface area contributed by atoms with Gasteiger partial charge in [-0.05, 0) is 6.08 Å². The highest BCUT2D eigenvalue weighted by atomic mass is 19.1. The van der Waals surface area contributed by atoms with E-state index < -0.39 is 0 Å². The Morgan fingerprint density at radius 3 is 3.20 bits per heavy atom. The van der Waals surface area contributed by atoms with E-state index in [-0.39, 0.29) is 5.83 Å². The number of fused-ring (bicyclic) bond motifs is 1. The van der Waals surface area contributed by atoms with Crippen LogP contribution in [-0.4, -0.2) is 15.4 Å². The van der Waals surface area contributed by atoms with Crippen LogP contribution < -0.4 is 0 Å². The molecule has 0 saturated heterocycles. The Hall–Kier alpha value is -1.19. The molecule has 1 aliphatic carbocycles. The largest absolute Gasteiger partial charge is 0.212 e. The summed E-state index contributed by atoms with van der Waals surface area (Å²) >= 11 is 0. The van der Waals surface area contributed by atoms with Crippen molar-refractivity contribution >= 4 is 6.08 Å². The zero-order valence-corrected chi connectivity index (χ0v) is 5.26. The van der Waals surface area contributed by atoms with Crippen LogP contribution in [0.15, 0.2) is 5.83 Å². The topological polar surface area (TPSA) is 41.6 Å². The molecule has 0 saturated carbocycles. The third-order valence-electron chi connectivity index (χ3n) is 1.55. The van der Waals surface area contributed by atoms with Crippen LogP contribution >= 0.6 is 0 Å². The molecule has 0 unspecified atom stereocenters. The summed E-state index contributed by atoms with van der Waals surface area (Å²) in [6, 6.07) is 0. The highest BCUT2D eigenvalue weighted by Crippen LogP contribution is 2.20. The SMILES string of the molecule is FC1=Cc2n[nH]nc2CC1. The molecule has 3 nitrogen and oxygen atoms in total. The van der Waals surface area contributed by atoms with Crippen LogP contribution in [0.1, 0.15) is 17.8 Å². The molecule has 0 atom stereocenters. The number of hydrogen-bond donors (Lipinski definition) is 1. The molecule has 1 aliphatic rings. The highest BCUT2D eigenvalue weighted by molar-refractivity contribution is 5.51. The maximum Gasteiger partial charge on any atom is 0.111 e. The number of hydrogen-bond acceptors (Lipinski definition) is 2. The Balaban J connectivity index is 2.50. The van der Waals surface area contributed by atoms with Gasteiger partial charge in [-0.3, -0.25) is 0 Å². The van der Waals surface area contributed by atoms with Crippen molar-refractivity contribution in [2.75, 3.05) is 0 Å². The van der Waals surface area contributed by atoms with Crippen molar-refractivity contribution in [1.82, 2.24) is 15.4 Å². The van der Waals surface area contributed by atoms with Gasteiger partial charge in [0.15, 0.2) is 0 Å². The lowest BCUT2D eigenvalue weighted by Gasteiger charge is -2.01. The molecule has 52 valence electrons. The molecular formula is C6H6FN3.